The summed E-state index contributed by atoms with van der Waals surface area (Å²) in [6.07, 6.45) is 4.01. The third-order valence-corrected chi connectivity index (χ3v) is 7.50. The van der Waals surface area contributed by atoms with Crippen LogP contribution in [0.15, 0.2) is 54.6 Å². The lowest BCUT2D eigenvalue weighted by molar-refractivity contribution is -0.385. The Bertz CT molecular complexity index is 1220. The van der Waals surface area contributed by atoms with Gasteiger partial charge in [-0.15, -0.1) is 0 Å². The molecule has 1 aliphatic heterocycles. The molecule has 2 aromatic carbocycles. The van der Waals surface area contributed by atoms with E-state index in [0.29, 0.717) is 23.9 Å². The van der Waals surface area contributed by atoms with E-state index in [1.165, 1.54) is 28.3 Å². The van der Waals surface area contributed by atoms with Gasteiger partial charge in [-0.05, 0) is 54.1 Å². The molecule has 9 heteroatoms. The summed E-state index contributed by atoms with van der Waals surface area (Å²) < 4.78 is 5.92. The number of nitro groups is 1. The Morgan fingerprint density at radius 3 is 2.71 bits per heavy atom. The van der Waals surface area contributed by atoms with Crippen LogP contribution in [0, 0.1) is 22.0 Å². The zero-order valence-corrected chi connectivity index (χ0v) is 19.6. The van der Waals surface area contributed by atoms with Crippen molar-refractivity contribution in [3.05, 3.63) is 70.3 Å². The Balaban J connectivity index is 1.04. The highest BCUT2D eigenvalue weighted by Crippen LogP contribution is 2.39. The normalized spacial score (nSPS) is 20.6. The fourth-order valence-corrected chi connectivity index (χ4v) is 5.40. The molecule has 1 amide bonds. The maximum absolute atomic E-state index is 12.2. The Morgan fingerprint density at radius 1 is 1.12 bits per heavy atom. The maximum Gasteiger partial charge on any atom is 0.276 e. The van der Waals surface area contributed by atoms with E-state index in [-0.39, 0.29) is 11.6 Å². The molecule has 0 spiro atoms. The topological polar surface area (TPSA) is 91.6 Å². The maximum atomic E-state index is 12.2. The highest BCUT2D eigenvalue weighted by molar-refractivity contribution is 7.13. The van der Waals surface area contributed by atoms with Crippen LogP contribution in [0.3, 0.4) is 0 Å². The van der Waals surface area contributed by atoms with Crippen molar-refractivity contribution >= 4 is 45.1 Å². The van der Waals surface area contributed by atoms with Gasteiger partial charge in [0.05, 0.1) is 15.2 Å². The minimum absolute atomic E-state index is 0.00290. The summed E-state index contributed by atoms with van der Waals surface area (Å²) in [5.74, 6) is 2.02. The number of amides is 1. The van der Waals surface area contributed by atoms with E-state index in [1.807, 2.05) is 0 Å². The number of hydrogen-bond donors (Lipinski definition) is 1. The molecule has 34 heavy (non-hydrogen) atoms. The molecule has 176 valence electrons. The number of para-hydroxylation sites is 1. The van der Waals surface area contributed by atoms with Gasteiger partial charge < -0.3 is 10.2 Å². The molecule has 0 bridgehead atoms. The van der Waals surface area contributed by atoms with E-state index >= 15 is 0 Å². The van der Waals surface area contributed by atoms with Gasteiger partial charge in [0.2, 0.25) is 5.91 Å². The highest BCUT2D eigenvalue weighted by atomic mass is 32.1. The van der Waals surface area contributed by atoms with Gasteiger partial charge in [0, 0.05) is 56.8 Å². The lowest BCUT2D eigenvalue weighted by Crippen LogP contribution is -2.47. The lowest BCUT2D eigenvalue weighted by atomic mass is 10.1. The molecule has 3 aromatic rings. The summed E-state index contributed by atoms with van der Waals surface area (Å²) >= 11 is 1.57. The second-order valence-electron chi connectivity index (χ2n) is 8.94. The predicted molar refractivity (Wildman–Crippen MR) is 135 cm³/mol. The van der Waals surface area contributed by atoms with Crippen molar-refractivity contribution in [2.24, 2.45) is 11.8 Å². The molecule has 2 aliphatic rings. The van der Waals surface area contributed by atoms with Crippen molar-refractivity contribution in [3.8, 4) is 0 Å². The first-order valence-electron chi connectivity index (χ1n) is 11.6. The van der Waals surface area contributed by atoms with Gasteiger partial charge >= 0.3 is 0 Å². The minimum Gasteiger partial charge on any atom is -0.353 e. The molecule has 0 radical (unpaired) electrons. The first-order valence-corrected chi connectivity index (χ1v) is 12.4. The van der Waals surface area contributed by atoms with E-state index < -0.39 is 4.92 Å². The highest BCUT2D eigenvalue weighted by Gasteiger charge is 2.38. The fourth-order valence-electron chi connectivity index (χ4n) is 4.61. The van der Waals surface area contributed by atoms with Crippen LogP contribution >= 0.6 is 11.5 Å². The summed E-state index contributed by atoms with van der Waals surface area (Å²) in [5.41, 5.74) is 0.425. The van der Waals surface area contributed by atoms with Gasteiger partial charge in [0.25, 0.3) is 5.69 Å². The number of fused-ring (bicyclic) bond motifs is 1. The fraction of sp³-hybridized carbons (Fsp3) is 0.360. The molecule has 1 saturated heterocycles. The van der Waals surface area contributed by atoms with Crippen molar-refractivity contribution in [2.75, 3.05) is 44.2 Å². The third-order valence-electron chi connectivity index (χ3n) is 6.68. The number of rotatable bonds is 8. The predicted octanol–water partition coefficient (Wildman–Crippen LogP) is 3.79. The van der Waals surface area contributed by atoms with E-state index in [4.69, 9.17) is 0 Å². The molecule has 2 fully saturated rings. The number of aromatic nitrogens is 1. The van der Waals surface area contributed by atoms with Crippen LogP contribution in [0.25, 0.3) is 16.2 Å². The van der Waals surface area contributed by atoms with Crippen LogP contribution < -0.4 is 10.2 Å². The van der Waals surface area contributed by atoms with Gasteiger partial charge in [-0.2, -0.15) is 4.37 Å². The molecule has 1 N–H and O–H groups in total. The minimum atomic E-state index is -0.439. The van der Waals surface area contributed by atoms with Gasteiger partial charge in [0.15, 0.2) is 0 Å². The molecule has 2 atom stereocenters. The number of anilines is 1. The van der Waals surface area contributed by atoms with Crippen LogP contribution in [-0.4, -0.2) is 59.4 Å². The Hall–Kier alpha value is -3.30. The van der Waals surface area contributed by atoms with Crippen molar-refractivity contribution in [1.29, 1.82) is 0 Å². The summed E-state index contributed by atoms with van der Waals surface area (Å²) in [6.45, 7) is 5.74. The Morgan fingerprint density at radius 2 is 1.88 bits per heavy atom. The molecule has 2 heterocycles. The molecule has 2 unspecified atom stereocenters. The second-order valence-corrected chi connectivity index (χ2v) is 9.75. The SMILES string of the molecule is O=C(C=Cc1ccccc1[N+](=O)[O-])NCC1CC1CN1CCN(c2nsc3ccccc23)CC1. The monoisotopic (exact) mass is 477 g/mol. The number of piperazine rings is 1. The van der Waals surface area contributed by atoms with E-state index in [0.717, 1.165) is 45.0 Å². The van der Waals surface area contributed by atoms with Crippen molar-refractivity contribution in [2.45, 2.75) is 6.42 Å². The van der Waals surface area contributed by atoms with Gasteiger partial charge in [-0.1, -0.05) is 24.3 Å². The molecule has 1 aromatic heterocycles. The number of carbonyl (C=O) groups is 1. The summed E-state index contributed by atoms with van der Waals surface area (Å²) in [4.78, 5) is 27.7. The average Bonchev–Trinajstić information content (AvgIpc) is 3.45. The third kappa shape index (κ3) is 5.10. The quantitative estimate of drug-likeness (QED) is 0.302. The molecule has 8 nitrogen and oxygen atoms in total. The van der Waals surface area contributed by atoms with Gasteiger partial charge in [-0.25, -0.2) is 0 Å². The Kier molecular flexibility index (Phi) is 6.55. The van der Waals surface area contributed by atoms with Crippen LogP contribution in [0.1, 0.15) is 12.0 Å². The van der Waals surface area contributed by atoms with Crippen LogP contribution in [0.4, 0.5) is 11.5 Å². The van der Waals surface area contributed by atoms with Crippen LogP contribution in [0.5, 0.6) is 0 Å². The Labute approximate surface area is 202 Å². The molecular weight excluding hydrogens is 450 g/mol. The summed E-state index contributed by atoms with van der Waals surface area (Å²) in [7, 11) is 0. The zero-order chi connectivity index (χ0) is 23.5. The van der Waals surface area contributed by atoms with E-state index in [1.54, 1.807) is 29.7 Å². The first kappa shape index (κ1) is 22.5. The number of nitrogens with one attached hydrogen (secondary N) is 1. The molecule has 1 saturated carbocycles. The van der Waals surface area contributed by atoms with Crippen molar-refractivity contribution < 1.29 is 9.72 Å². The number of benzene rings is 2. The standard InChI is InChI=1S/C25H27N5O3S/c31-24(10-9-18-5-1-3-7-22(18)30(32)33)26-16-19-15-20(19)17-28-11-13-29(14-12-28)25-21-6-2-4-8-23(21)34-27-25/h1-10,19-20H,11-17H2,(H,26,31). The molecular formula is C25H27N5O3S. The lowest BCUT2D eigenvalue weighted by Gasteiger charge is -2.35. The zero-order valence-electron chi connectivity index (χ0n) is 18.8. The van der Waals surface area contributed by atoms with Crippen LogP contribution in [0.2, 0.25) is 0 Å². The van der Waals surface area contributed by atoms with Crippen LogP contribution in [-0.2, 0) is 4.79 Å². The number of nitro benzene ring substituents is 1. The van der Waals surface area contributed by atoms with E-state index in [2.05, 4.69) is 43.8 Å². The summed E-state index contributed by atoms with van der Waals surface area (Å²) in [6, 6.07) is 14.8. The number of carbonyl (C=O) groups excluding carboxylic acids is 1. The average molecular weight is 478 g/mol. The van der Waals surface area contributed by atoms with Gasteiger partial charge in [0.1, 0.15) is 5.82 Å². The second kappa shape index (κ2) is 9.90. The number of hydrogen-bond acceptors (Lipinski definition) is 7. The van der Waals surface area contributed by atoms with Gasteiger partial charge in [-0.3, -0.25) is 19.8 Å². The van der Waals surface area contributed by atoms with Crippen molar-refractivity contribution in [3.63, 3.8) is 0 Å². The molecule has 5 rings (SSSR count). The van der Waals surface area contributed by atoms with E-state index in [9.17, 15) is 14.9 Å². The largest absolute Gasteiger partial charge is 0.353 e. The molecule has 1 aliphatic carbocycles. The van der Waals surface area contributed by atoms with Crippen molar-refractivity contribution in [1.82, 2.24) is 14.6 Å². The summed E-state index contributed by atoms with van der Waals surface area (Å²) in [5, 5.41) is 15.3. The first-order chi connectivity index (χ1) is 16.6. The number of nitrogens with zero attached hydrogens (tertiary/aromatic N) is 4. The smallest absolute Gasteiger partial charge is 0.276 e.